The van der Waals surface area contributed by atoms with Crippen molar-refractivity contribution >= 4 is 18.6 Å². The topological polar surface area (TPSA) is 81.8 Å². The number of hydrogen-bond donors (Lipinski definition) is 2. The van der Waals surface area contributed by atoms with Crippen LogP contribution in [-0.2, 0) is 13.6 Å². The van der Waals surface area contributed by atoms with Gasteiger partial charge in [-0.1, -0.05) is 0 Å². The molecule has 90 valence electrons. The van der Waals surface area contributed by atoms with E-state index in [0.717, 1.165) is 0 Å². The summed E-state index contributed by atoms with van der Waals surface area (Å²) in [4.78, 5) is 0. The lowest BCUT2D eigenvalue weighted by Crippen LogP contribution is -2.12. The third-order valence-electron chi connectivity index (χ3n) is 1.89. The van der Waals surface area contributed by atoms with Gasteiger partial charge in [0.05, 0.1) is 13.2 Å². The van der Waals surface area contributed by atoms with E-state index in [9.17, 15) is 9.67 Å². The number of aromatic hydroxyl groups is 1. The van der Waals surface area contributed by atoms with Crippen molar-refractivity contribution in [2.24, 2.45) is 0 Å². The molecule has 1 aromatic rings. The fraction of sp³-hybridized carbons (Fsp3) is 0.400. The number of anilines is 1. The highest BCUT2D eigenvalue weighted by Gasteiger charge is 2.30. The van der Waals surface area contributed by atoms with E-state index in [1.54, 1.807) is 13.8 Å². The minimum atomic E-state index is -3.47. The van der Waals surface area contributed by atoms with Crippen molar-refractivity contribution in [1.82, 2.24) is 0 Å². The minimum Gasteiger partial charge on any atom is -0.507 e. The van der Waals surface area contributed by atoms with Gasteiger partial charge in [0.25, 0.3) is 0 Å². The molecule has 0 radical (unpaired) electrons. The van der Waals surface area contributed by atoms with E-state index in [2.05, 4.69) is 0 Å². The molecule has 0 heterocycles. The van der Waals surface area contributed by atoms with Gasteiger partial charge in [-0.15, -0.1) is 0 Å². The zero-order valence-electron chi connectivity index (χ0n) is 9.34. The number of hydrogen-bond acceptors (Lipinski definition) is 5. The molecule has 0 saturated heterocycles. The maximum Gasteiger partial charge on any atom is 0.365 e. The third kappa shape index (κ3) is 2.76. The van der Waals surface area contributed by atoms with Crippen molar-refractivity contribution < 1.29 is 18.7 Å². The van der Waals surface area contributed by atoms with Gasteiger partial charge in [0.1, 0.15) is 11.1 Å². The summed E-state index contributed by atoms with van der Waals surface area (Å²) < 4.78 is 22.5. The quantitative estimate of drug-likeness (QED) is 0.470. The molecule has 0 aliphatic rings. The molecule has 0 atom stereocenters. The van der Waals surface area contributed by atoms with E-state index in [1.165, 1.54) is 18.2 Å². The van der Waals surface area contributed by atoms with Crippen LogP contribution in [-0.4, -0.2) is 18.3 Å². The van der Waals surface area contributed by atoms with Crippen LogP contribution in [0.5, 0.6) is 5.75 Å². The summed E-state index contributed by atoms with van der Waals surface area (Å²) in [5.41, 5.74) is 5.97. The highest BCUT2D eigenvalue weighted by Crippen LogP contribution is 2.49. The molecule has 16 heavy (non-hydrogen) atoms. The zero-order chi connectivity index (χ0) is 12.2. The number of nitrogen functional groups attached to an aromatic ring is 1. The second-order valence-corrected chi connectivity index (χ2v) is 5.07. The molecule has 0 amide bonds. The van der Waals surface area contributed by atoms with Crippen molar-refractivity contribution in [2.75, 3.05) is 18.9 Å². The molecular weight excluding hydrogens is 229 g/mol. The Morgan fingerprint density at radius 3 is 2.38 bits per heavy atom. The molecule has 5 nitrogen and oxygen atoms in total. The lowest BCUT2D eigenvalue weighted by molar-refractivity contribution is 0.229. The van der Waals surface area contributed by atoms with E-state index in [0.29, 0.717) is 5.69 Å². The Labute approximate surface area is 94.7 Å². The lowest BCUT2D eigenvalue weighted by atomic mass is 10.3. The molecule has 0 aliphatic carbocycles. The van der Waals surface area contributed by atoms with Gasteiger partial charge in [0.15, 0.2) is 0 Å². The van der Waals surface area contributed by atoms with E-state index >= 15 is 0 Å². The van der Waals surface area contributed by atoms with Gasteiger partial charge in [-0.2, -0.15) is 0 Å². The SMILES string of the molecule is CCOP(=O)(OCC)c1cc(N)ccc1O. The number of phenolic OH excluding ortho intramolecular Hbond substituents is 1. The first-order valence-corrected chi connectivity index (χ1v) is 6.56. The molecule has 0 spiro atoms. The molecular formula is C10H16NO4P. The highest BCUT2D eigenvalue weighted by atomic mass is 31.2. The summed E-state index contributed by atoms with van der Waals surface area (Å²) in [6.45, 7) is 3.86. The van der Waals surface area contributed by atoms with Crippen LogP contribution in [0.2, 0.25) is 0 Å². The molecule has 0 bridgehead atoms. The maximum absolute atomic E-state index is 12.3. The lowest BCUT2D eigenvalue weighted by Gasteiger charge is -2.18. The number of phenols is 1. The summed E-state index contributed by atoms with van der Waals surface area (Å²) in [5, 5.41) is 9.74. The monoisotopic (exact) mass is 245 g/mol. The van der Waals surface area contributed by atoms with Gasteiger partial charge >= 0.3 is 7.60 Å². The molecule has 0 fully saturated rings. The van der Waals surface area contributed by atoms with E-state index < -0.39 is 7.60 Å². The Balaban J connectivity index is 3.20. The van der Waals surface area contributed by atoms with Crippen LogP contribution in [0.25, 0.3) is 0 Å². The minimum absolute atomic E-state index is 0.108. The van der Waals surface area contributed by atoms with Gasteiger partial charge in [0.2, 0.25) is 0 Å². The van der Waals surface area contributed by atoms with Crippen LogP contribution in [0.1, 0.15) is 13.8 Å². The second kappa shape index (κ2) is 5.34. The summed E-state index contributed by atoms with van der Waals surface area (Å²) in [6.07, 6.45) is 0. The number of rotatable bonds is 5. The average Bonchev–Trinajstić information content (AvgIpc) is 2.22. The van der Waals surface area contributed by atoms with Crippen LogP contribution in [0.15, 0.2) is 18.2 Å². The Morgan fingerprint density at radius 2 is 1.88 bits per heavy atom. The van der Waals surface area contributed by atoms with Crippen molar-refractivity contribution in [2.45, 2.75) is 13.8 Å². The first-order chi connectivity index (χ1) is 7.53. The smallest absolute Gasteiger partial charge is 0.365 e. The van der Waals surface area contributed by atoms with E-state index in [4.69, 9.17) is 14.8 Å². The molecule has 1 rings (SSSR count). The van der Waals surface area contributed by atoms with Crippen molar-refractivity contribution in [3.8, 4) is 5.75 Å². The van der Waals surface area contributed by atoms with Gasteiger partial charge in [-0.25, -0.2) is 0 Å². The second-order valence-electron chi connectivity index (χ2n) is 3.08. The van der Waals surface area contributed by atoms with Crippen molar-refractivity contribution in [3.05, 3.63) is 18.2 Å². The van der Waals surface area contributed by atoms with E-state index in [1.807, 2.05) is 0 Å². The predicted octanol–water partition coefficient (Wildman–Crippen LogP) is 1.87. The van der Waals surface area contributed by atoms with Crippen LogP contribution < -0.4 is 11.0 Å². The van der Waals surface area contributed by atoms with Crippen LogP contribution in [0.3, 0.4) is 0 Å². The molecule has 0 unspecified atom stereocenters. The van der Waals surface area contributed by atoms with Crippen molar-refractivity contribution in [1.29, 1.82) is 0 Å². The maximum atomic E-state index is 12.3. The summed E-state index contributed by atoms with van der Waals surface area (Å²) in [6, 6.07) is 4.29. The predicted molar refractivity (Wildman–Crippen MR) is 63.0 cm³/mol. The normalized spacial score (nSPS) is 11.6. The summed E-state index contributed by atoms with van der Waals surface area (Å²) in [7, 11) is -3.47. The Kier molecular flexibility index (Phi) is 4.35. The number of nitrogens with two attached hydrogens (primary N) is 1. The van der Waals surface area contributed by atoms with Gasteiger partial charge in [-0.3, -0.25) is 4.57 Å². The van der Waals surface area contributed by atoms with Gasteiger partial charge < -0.3 is 19.9 Å². The molecule has 6 heteroatoms. The molecule has 0 aromatic heterocycles. The Bertz CT molecular complexity index is 398. The van der Waals surface area contributed by atoms with Crippen LogP contribution >= 0.6 is 7.60 Å². The number of benzene rings is 1. The van der Waals surface area contributed by atoms with E-state index in [-0.39, 0.29) is 24.3 Å². The highest BCUT2D eigenvalue weighted by molar-refractivity contribution is 7.62. The largest absolute Gasteiger partial charge is 0.507 e. The van der Waals surface area contributed by atoms with Crippen LogP contribution in [0.4, 0.5) is 5.69 Å². The molecule has 0 saturated carbocycles. The average molecular weight is 245 g/mol. The standard InChI is InChI=1S/C10H16NO4P/c1-3-14-16(13,15-4-2)10-7-8(11)5-6-9(10)12/h5-7,12H,3-4,11H2,1-2H3. The fourth-order valence-corrected chi connectivity index (χ4v) is 2.97. The first-order valence-electron chi connectivity index (χ1n) is 5.01. The summed E-state index contributed by atoms with van der Waals surface area (Å²) in [5.74, 6) is -0.139. The van der Waals surface area contributed by atoms with Crippen molar-refractivity contribution in [3.63, 3.8) is 0 Å². The summed E-state index contributed by atoms with van der Waals surface area (Å²) >= 11 is 0. The third-order valence-corrected chi connectivity index (χ3v) is 4.04. The Hall–Kier alpha value is -1.03. The molecule has 0 aliphatic heterocycles. The zero-order valence-corrected chi connectivity index (χ0v) is 10.2. The van der Waals surface area contributed by atoms with Crippen LogP contribution in [0, 0.1) is 0 Å². The molecule has 3 N–H and O–H groups in total. The van der Waals surface area contributed by atoms with Gasteiger partial charge in [-0.05, 0) is 32.0 Å². The fourth-order valence-electron chi connectivity index (χ4n) is 1.28. The first kappa shape index (κ1) is 13.0. The molecule has 1 aromatic carbocycles. The Morgan fingerprint density at radius 1 is 1.31 bits per heavy atom. The van der Waals surface area contributed by atoms with Gasteiger partial charge in [0, 0.05) is 5.69 Å².